The van der Waals surface area contributed by atoms with Gasteiger partial charge in [0.05, 0.1) is 6.10 Å². The molecule has 0 aliphatic carbocycles. The van der Waals surface area contributed by atoms with Crippen molar-refractivity contribution in [3.63, 3.8) is 0 Å². The topological polar surface area (TPSA) is 33.1 Å². The highest BCUT2D eigenvalue weighted by molar-refractivity contribution is 5.17. The summed E-state index contributed by atoms with van der Waals surface area (Å²) >= 11 is 0. The fourth-order valence-corrected chi connectivity index (χ4v) is 1.36. The third-order valence-electron chi connectivity index (χ3n) is 2.00. The van der Waals surface area contributed by atoms with Crippen LogP contribution in [0.4, 0.5) is 0 Å². The Balaban J connectivity index is 2.71. The highest BCUT2D eigenvalue weighted by Crippen LogP contribution is 2.20. The van der Waals surface area contributed by atoms with Crippen molar-refractivity contribution in [1.29, 1.82) is 0 Å². The molecule has 0 spiro atoms. The summed E-state index contributed by atoms with van der Waals surface area (Å²) in [4.78, 5) is 4.09. The molecule has 1 heterocycles. The Morgan fingerprint density at radius 1 is 1.46 bits per heavy atom. The maximum atomic E-state index is 9.79. The summed E-state index contributed by atoms with van der Waals surface area (Å²) in [7, 11) is 0. The van der Waals surface area contributed by atoms with Gasteiger partial charge in [0.25, 0.3) is 0 Å². The third-order valence-corrected chi connectivity index (χ3v) is 2.00. The van der Waals surface area contributed by atoms with E-state index in [1.54, 1.807) is 6.20 Å². The number of rotatable bonds is 3. The first-order chi connectivity index (χ1) is 6.09. The average molecular weight is 179 g/mol. The van der Waals surface area contributed by atoms with Gasteiger partial charge in [-0.3, -0.25) is 4.98 Å². The second-order valence-electron chi connectivity index (χ2n) is 3.88. The van der Waals surface area contributed by atoms with Crippen molar-refractivity contribution in [2.24, 2.45) is 5.92 Å². The number of nitrogens with zero attached hydrogens (tertiary/aromatic N) is 1. The molecule has 0 aliphatic rings. The lowest BCUT2D eigenvalue weighted by molar-refractivity contribution is 0.151. The number of aryl methyl sites for hydroxylation is 1. The van der Waals surface area contributed by atoms with Crippen molar-refractivity contribution in [2.45, 2.75) is 33.3 Å². The lowest BCUT2D eigenvalue weighted by Gasteiger charge is -2.13. The van der Waals surface area contributed by atoms with Gasteiger partial charge in [0.2, 0.25) is 0 Å². The Morgan fingerprint density at radius 2 is 2.15 bits per heavy atom. The van der Waals surface area contributed by atoms with Gasteiger partial charge in [0, 0.05) is 11.9 Å². The molecule has 0 saturated carbocycles. The molecule has 1 aromatic rings. The molecule has 0 aliphatic heterocycles. The van der Waals surface area contributed by atoms with Crippen LogP contribution in [0.15, 0.2) is 18.3 Å². The van der Waals surface area contributed by atoms with E-state index in [1.807, 2.05) is 19.1 Å². The lowest BCUT2D eigenvalue weighted by Crippen LogP contribution is -2.02. The molecule has 72 valence electrons. The molecule has 1 aromatic heterocycles. The quantitative estimate of drug-likeness (QED) is 0.773. The van der Waals surface area contributed by atoms with Crippen LogP contribution in [-0.4, -0.2) is 10.1 Å². The zero-order valence-electron chi connectivity index (χ0n) is 8.49. The molecule has 0 bridgehead atoms. The van der Waals surface area contributed by atoms with Gasteiger partial charge in [0.15, 0.2) is 0 Å². The van der Waals surface area contributed by atoms with Crippen molar-refractivity contribution < 1.29 is 5.11 Å². The van der Waals surface area contributed by atoms with Crippen molar-refractivity contribution in [1.82, 2.24) is 4.98 Å². The van der Waals surface area contributed by atoms with E-state index in [9.17, 15) is 5.11 Å². The minimum Gasteiger partial charge on any atom is -0.388 e. The van der Waals surface area contributed by atoms with Gasteiger partial charge < -0.3 is 5.11 Å². The highest BCUT2D eigenvalue weighted by Gasteiger charge is 2.09. The molecule has 13 heavy (non-hydrogen) atoms. The number of hydrogen-bond acceptors (Lipinski definition) is 2. The van der Waals surface area contributed by atoms with Gasteiger partial charge in [-0.2, -0.15) is 0 Å². The Morgan fingerprint density at radius 3 is 2.69 bits per heavy atom. The minimum absolute atomic E-state index is 0.346. The van der Waals surface area contributed by atoms with Crippen LogP contribution in [0.3, 0.4) is 0 Å². The first-order valence-corrected chi connectivity index (χ1v) is 4.70. The van der Waals surface area contributed by atoms with Crippen LogP contribution in [0.25, 0.3) is 0 Å². The van der Waals surface area contributed by atoms with Gasteiger partial charge in [-0.25, -0.2) is 0 Å². The van der Waals surface area contributed by atoms with Crippen LogP contribution in [0.5, 0.6) is 0 Å². The summed E-state index contributed by atoms with van der Waals surface area (Å²) in [6.07, 6.45) is 2.21. The van der Waals surface area contributed by atoms with E-state index in [0.717, 1.165) is 17.7 Å². The number of hydrogen-bond donors (Lipinski definition) is 1. The summed E-state index contributed by atoms with van der Waals surface area (Å²) in [5.41, 5.74) is 1.93. The minimum atomic E-state index is -0.346. The van der Waals surface area contributed by atoms with Crippen LogP contribution in [0.2, 0.25) is 0 Å². The zero-order valence-corrected chi connectivity index (χ0v) is 8.49. The SMILES string of the molecule is Cc1cc(C(O)CC(C)C)ccn1. The predicted octanol–water partition coefficient (Wildman–Crippen LogP) is 2.47. The molecule has 1 rings (SSSR count). The summed E-state index contributed by atoms with van der Waals surface area (Å²) in [6, 6.07) is 3.81. The second kappa shape index (κ2) is 4.38. The number of aliphatic hydroxyl groups is 1. The first kappa shape index (κ1) is 10.2. The predicted molar refractivity (Wildman–Crippen MR) is 53.4 cm³/mol. The summed E-state index contributed by atoms with van der Waals surface area (Å²) in [6.45, 7) is 6.15. The Hall–Kier alpha value is -0.890. The van der Waals surface area contributed by atoms with Crippen molar-refractivity contribution in [3.8, 4) is 0 Å². The van der Waals surface area contributed by atoms with Crippen LogP contribution >= 0.6 is 0 Å². The maximum Gasteiger partial charge on any atom is 0.0793 e. The average Bonchev–Trinajstić information content (AvgIpc) is 2.03. The van der Waals surface area contributed by atoms with Crippen LogP contribution in [0.1, 0.15) is 37.6 Å². The fourth-order valence-electron chi connectivity index (χ4n) is 1.36. The van der Waals surface area contributed by atoms with Crippen molar-refractivity contribution in [2.75, 3.05) is 0 Å². The molecule has 1 unspecified atom stereocenters. The third kappa shape index (κ3) is 3.15. The van der Waals surface area contributed by atoms with E-state index in [2.05, 4.69) is 18.8 Å². The van der Waals surface area contributed by atoms with Crippen molar-refractivity contribution in [3.05, 3.63) is 29.6 Å². The van der Waals surface area contributed by atoms with E-state index in [4.69, 9.17) is 0 Å². The van der Waals surface area contributed by atoms with E-state index in [-0.39, 0.29) is 6.10 Å². The van der Waals surface area contributed by atoms with E-state index in [0.29, 0.717) is 5.92 Å². The standard InChI is InChI=1S/C11H17NO/c1-8(2)6-11(13)10-4-5-12-9(3)7-10/h4-5,7-8,11,13H,6H2,1-3H3. The summed E-state index contributed by atoms with van der Waals surface area (Å²) < 4.78 is 0. The second-order valence-corrected chi connectivity index (χ2v) is 3.88. The molecule has 0 amide bonds. The summed E-state index contributed by atoms with van der Waals surface area (Å²) in [5.74, 6) is 0.517. The normalized spacial score (nSPS) is 13.3. The molecule has 0 fully saturated rings. The highest BCUT2D eigenvalue weighted by atomic mass is 16.3. The molecular formula is C11H17NO. The number of pyridine rings is 1. The maximum absolute atomic E-state index is 9.79. The van der Waals surface area contributed by atoms with E-state index >= 15 is 0 Å². The van der Waals surface area contributed by atoms with Gasteiger partial charge in [0.1, 0.15) is 0 Å². The zero-order chi connectivity index (χ0) is 9.84. The van der Waals surface area contributed by atoms with Gasteiger partial charge in [-0.15, -0.1) is 0 Å². The molecule has 1 N–H and O–H groups in total. The molecule has 0 aromatic carbocycles. The van der Waals surface area contributed by atoms with Gasteiger partial charge in [-0.1, -0.05) is 13.8 Å². The monoisotopic (exact) mass is 179 g/mol. The molecule has 2 nitrogen and oxygen atoms in total. The van der Waals surface area contributed by atoms with Crippen molar-refractivity contribution >= 4 is 0 Å². The largest absolute Gasteiger partial charge is 0.388 e. The van der Waals surface area contributed by atoms with E-state index in [1.165, 1.54) is 0 Å². The van der Waals surface area contributed by atoms with Gasteiger partial charge >= 0.3 is 0 Å². The fraction of sp³-hybridized carbons (Fsp3) is 0.545. The Bertz CT molecular complexity index is 271. The summed E-state index contributed by atoms with van der Waals surface area (Å²) in [5, 5.41) is 9.79. The van der Waals surface area contributed by atoms with Crippen LogP contribution < -0.4 is 0 Å². The molecule has 0 saturated heterocycles. The lowest BCUT2D eigenvalue weighted by atomic mass is 10.00. The first-order valence-electron chi connectivity index (χ1n) is 4.70. The smallest absolute Gasteiger partial charge is 0.0793 e. The number of aliphatic hydroxyl groups excluding tert-OH is 1. The molecular weight excluding hydrogens is 162 g/mol. The molecule has 2 heteroatoms. The van der Waals surface area contributed by atoms with Gasteiger partial charge in [-0.05, 0) is 37.0 Å². The Labute approximate surface area is 79.6 Å². The number of aromatic nitrogens is 1. The Kier molecular flexibility index (Phi) is 3.43. The van der Waals surface area contributed by atoms with Crippen LogP contribution in [-0.2, 0) is 0 Å². The molecule has 0 radical (unpaired) electrons. The van der Waals surface area contributed by atoms with E-state index < -0.39 is 0 Å². The molecule has 1 atom stereocenters. The van der Waals surface area contributed by atoms with Crippen LogP contribution in [0, 0.1) is 12.8 Å².